The summed E-state index contributed by atoms with van der Waals surface area (Å²) in [5.41, 5.74) is 11.3. The number of rotatable bonds is 4. The van der Waals surface area contributed by atoms with E-state index in [4.69, 9.17) is 5.73 Å². The summed E-state index contributed by atoms with van der Waals surface area (Å²) in [4.78, 5) is 4.16. The van der Waals surface area contributed by atoms with Crippen LogP contribution in [0.15, 0.2) is 42.7 Å². The normalized spacial score (nSPS) is 12.4. The van der Waals surface area contributed by atoms with Gasteiger partial charge in [0.05, 0.1) is 0 Å². The van der Waals surface area contributed by atoms with E-state index in [-0.39, 0.29) is 6.04 Å². The highest BCUT2D eigenvalue weighted by Gasteiger charge is 2.09. The lowest BCUT2D eigenvalue weighted by Gasteiger charge is -2.14. The van der Waals surface area contributed by atoms with E-state index in [2.05, 4.69) is 43.1 Å². The molecule has 0 radical (unpaired) electrons. The van der Waals surface area contributed by atoms with E-state index >= 15 is 0 Å². The number of aryl methyl sites for hydroxylation is 2. The molecule has 2 nitrogen and oxygen atoms in total. The van der Waals surface area contributed by atoms with Crippen molar-refractivity contribution in [1.82, 2.24) is 4.98 Å². The monoisotopic (exact) mass is 240 g/mol. The minimum atomic E-state index is 0.0196. The van der Waals surface area contributed by atoms with Crippen LogP contribution in [0.25, 0.3) is 0 Å². The van der Waals surface area contributed by atoms with E-state index in [9.17, 15) is 0 Å². The fraction of sp³-hybridized carbons (Fsp3) is 0.312. The molecule has 18 heavy (non-hydrogen) atoms. The number of hydrogen-bond acceptors (Lipinski definition) is 2. The van der Waals surface area contributed by atoms with Crippen LogP contribution in [0.2, 0.25) is 0 Å². The van der Waals surface area contributed by atoms with E-state index in [0.29, 0.717) is 0 Å². The zero-order chi connectivity index (χ0) is 13.0. The molecular weight excluding hydrogens is 220 g/mol. The largest absolute Gasteiger partial charge is 0.324 e. The number of nitrogens with zero attached hydrogens (tertiary/aromatic N) is 1. The van der Waals surface area contributed by atoms with E-state index in [1.807, 2.05) is 18.5 Å². The molecule has 1 aromatic heterocycles. The number of hydrogen-bond donors (Lipinski definition) is 1. The zero-order valence-corrected chi connectivity index (χ0v) is 11.1. The van der Waals surface area contributed by atoms with Gasteiger partial charge in [0.15, 0.2) is 0 Å². The highest BCUT2D eigenvalue weighted by molar-refractivity contribution is 5.28. The predicted molar refractivity (Wildman–Crippen MR) is 75.4 cm³/mol. The Morgan fingerprint density at radius 2 is 1.78 bits per heavy atom. The molecule has 0 aliphatic rings. The molecule has 0 fully saturated rings. The van der Waals surface area contributed by atoms with Gasteiger partial charge in [-0.3, -0.25) is 4.98 Å². The Morgan fingerprint density at radius 3 is 2.39 bits per heavy atom. The fourth-order valence-electron chi connectivity index (χ4n) is 2.14. The maximum atomic E-state index is 6.26. The third kappa shape index (κ3) is 2.96. The highest BCUT2D eigenvalue weighted by atomic mass is 14.7. The Morgan fingerprint density at radius 1 is 1.11 bits per heavy atom. The van der Waals surface area contributed by atoms with Gasteiger partial charge in [0.25, 0.3) is 0 Å². The van der Waals surface area contributed by atoms with Crippen LogP contribution in [-0.4, -0.2) is 4.98 Å². The summed E-state index contributed by atoms with van der Waals surface area (Å²) in [6.07, 6.45) is 5.62. The number of pyridine rings is 1. The summed E-state index contributed by atoms with van der Waals surface area (Å²) in [7, 11) is 0. The molecule has 0 aliphatic heterocycles. The molecule has 1 unspecified atom stereocenters. The van der Waals surface area contributed by atoms with Gasteiger partial charge in [0.1, 0.15) is 0 Å². The molecule has 2 rings (SSSR count). The van der Waals surface area contributed by atoms with Crippen molar-refractivity contribution in [3.8, 4) is 0 Å². The first-order chi connectivity index (χ1) is 8.70. The van der Waals surface area contributed by atoms with E-state index in [1.165, 1.54) is 16.7 Å². The topological polar surface area (TPSA) is 38.9 Å². The van der Waals surface area contributed by atoms with Crippen LogP contribution in [0.3, 0.4) is 0 Å². The molecule has 0 amide bonds. The molecule has 94 valence electrons. The molecule has 2 N–H and O–H groups in total. The maximum absolute atomic E-state index is 6.26. The van der Waals surface area contributed by atoms with Crippen molar-refractivity contribution >= 4 is 0 Å². The Balaban J connectivity index is 2.11. The average Bonchev–Trinajstić information content (AvgIpc) is 2.40. The second kappa shape index (κ2) is 5.78. The Kier molecular flexibility index (Phi) is 4.11. The molecule has 1 atom stereocenters. The van der Waals surface area contributed by atoms with Crippen LogP contribution in [0.1, 0.15) is 35.2 Å². The van der Waals surface area contributed by atoms with Gasteiger partial charge in [-0.25, -0.2) is 0 Å². The molecule has 1 aromatic carbocycles. The molecular formula is C16H20N2. The van der Waals surface area contributed by atoms with Gasteiger partial charge in [-0.15, -0.1) is 0 Å². The van der Waals surface area contributed by atoms with Crippen molar-refractivity contribution in [2.75, 3.05) is 0 Å². The van der Waals surface area contributed by atoms with Gasteiger partial charge in [-0.2, -0.15) is 0 Å². The van der Waals surface area contributed by atoms with Gasteiger partial charge < -0.3 is 5.73 Å². The maximum Gasteiger partial charge on any atom is 0.0353 e. The molecule has 0 bridgehead atoms. The van der Waals surface area contributed by atoms with Crippen LogP contribution in [0.5, 0.6) is 0 Å². The van der Waals surface area contributed by atoms with Gasteiger partial charge in [-0.05, 0) is 48.1 Å². The molecule has 1 heterocycles. The van der Waals surface area contributed by atoms with Crippen LogP contribution < -0.4 is 5.73 Å². The van der Waals surface area contributed by atoms with Crippen LogP contribution in [-0.2, 0) is 12.8 Å². The van der Waals surface area contributed by atoms with Crippen LogP contribution in [0, 0.1) is 6.92 Å². The van der Waals surface area contributed by atoms with Crippen LogP contribution in [0.4, 0.5) is 0 Å². The summed E-state index contributed by atoms with van der Waals surface area (Å²) < 4.78 is 0. The number of aromatic nitrogens is 1. The summed E-state index contributed by atoms with van der Waals surface area (Å²) in [5.74, 6) is 0. The SMILES string of the molecule is CCc1ccc(CC(N)c2cnccc2C)cc1. The highest BCUT2D eigenvalue weighted by Crippen LogP contribution is 2.18. The third-order valence-electron chi connectivity index (χ3n) is 3.37. The summed E-state index contributed by atoms with van der Waals surface area (Å²) >= 11 is 0. The van der Waals surface area contributed by atoms with Crippen molar-refractivity contribution in [2.24, 2.45) is 5.73 Å². The third-order valence-corrected chi connectivity index (χ3v) is 3.37. The van der Waals surface area contributed by atoms with E-state index in [0.717, 1.165) is 18.4 Å². The first-order valence-electron chi connectivity index (χ1n) is 6.44. The average molecular weight is 240 g/mol. The van der Waals surface area contributed by atoms with Crippen molar-refractivity contribution < 1.29 is 0 Å². The fourth-order valence-corrected chi connectivity index (χ4v) is 2.14. The lowest BCUT2D eigenvalue weighted by molar-refractivity contribution is 0.712. The van der Waals surface area contributed by atoms with Crippen LogP contribution >= 0.6 is 0 Å². The quantitative estimate of drug-likeness (QED) is 0.891. The smallest absolute Gasteiger partial charge is 0.0353 e. The van der Waals surface area contributed by atoms with Crippen molar-refractivity contribution in [3.05, 3.63) is 65.0 Å². The van der Waals surface area contributed by atoms with Crippen molar-refractivity contribution in [1.29, 1.82) is 0 Å². The summed E-state index contributed by atoms with van der Waals surface area (Å²) in [6, 6.07) is 10.7. The van der Waals surface area contributed by atoms with Gasteiger partial charge >= 0.3 is 0 Å². The Hall–Kier alpha value is -1.67. The lowest BCUT2D eigenvalue weighted by atomic mass is 9.97. The minimum Gasteiger partial charge on any atom is -0.324 e. The zero-order valence-electron chi connectivity index (χ0n) is 11.1. The number of nitrogens with two attached hydrogens (primary N) is 1. The van der Waals surface area contributed by atoms with Gasteiger partial charge in [-0.1, -0.05) is 31.2 Å². The molecule has 0 saturated heterocycles. The molecule has 0 saturated carbocycles. The standard InChI is InChI=1S/C16H20N2/c1-3-13-4-6-14(7-5-13)10-16(17)15-11-18-9-8-12(15)2/h4-9,11,16H,3,10,17H2,1-2H3. The first kappa shape index (κ1) is 12.8. The lowest BCUT2D eigenvalue weighted by Crippen LogP contribution is -2.15. The first-order valence-corrected chi connectivity index (χ1v) is 6.44. The molecule has 2 heteroatoms. The summed E-state index contributed by atoms with van der Waals surface area (Å²) in [5, 5.41) is 0. The Bertz CT molecular complexity index is 503. The van der Waals surface area contributed by atoms with Crippen molar-refractivity contribution in [2.45, 2.75) is 32.7 Å². The Labute approximate surface area is 109 Å². The molecule has 0 spiro atoms. The van der Waals surface area contributed by atoms with Gasteiger partial charge in [0, 0.05) is 18.4 Å². The van der Waals surface area contributed by atoms with Crippen molar-refractivity contribution in [3.63, 3.8) is 0 Å². The van der Waals surface area contributed by atoms with Gasteiger partial charge in [0.2, 0.25) is 0 Å². The van der Waals surface area contributed by atoms with E-state index < -0.39 is 0 Å². The summed E-state index contributed by atoms with van der Waals surface area (Å²) in [6.45, 7) is 4.25. The number of benzene rings is 1. The second-order valence-electron chi connectivity index (χ2n) is 4.71. The second-order valence-corrected chi connectivity index (χ2v) is 4.71. The molecule has 2 aromatic rings. The van der Waals surface area contributed by atoms with E-state index in [1.54, 1.807) is 0 Å². The predicted octanol–water partition coefficient (Wildman–Crippen LogP) is 3.19. The molecule has 0 aliphatic carbocycles. The minimum absolute atomic E-state index is 0.0196.